The highest BCUT2D eigenvalue weighted by Gasteiger charge is 2.57. The van der Waals surface area contributed by atoms with Crippen LogP contribution in [0.15, 0.2) is 29.2 Å². The Hall–Kier alpha value is -0.820. The molecule has 1 saturated carbocycles. The molecular weight excluding hydrogens is 383 g/mol. The molecule has 3 rings (SSSR count). The lowest BCUT2D eigenvalue weighted by atomic mass is 10.1. The van der Waals surface area contributed by atoms with Gasteiger partial charge in [-0.05, 0) is 30.5 Å². The van der Waals surface area contributed by atoms with E-state index >= 15 is 0 Å². The van der Waals surface area contributed by atoms with Crippen LogP contribution < -0.4 is 0 Å². The Balaban J connectivity index is 1.62. The molecule has 1 heterocycles. The average molecular weight is 405 g/mol. The summed E-state index contributed by atoms with van der Waals surface area (Å²) in [5.74, 6) is -0.434. The summed E-state index contributed by atoms with van der Waals surface area (Å²) < 4.78 is 26.0. The topological polar surface area (TPSA) is 57.7 Å². The van der Waals surface area contributed by atoms with Crippen LogP contribution in [0.2, 0.25) is 0 Å². The van der Waals surface area contributed by atoms with Gasteiger partial charge in [0.15, 0.2) is 0 Å². The number of carbonyl (C=O) groups is 1. The third kappa shape index (κ3) is 3.97. The smallest absolute Gasteiger partial charge is 0.243 e. The van der Waals surface area contributed by atoms with Crippen molar-refractivity contribution in [3.8, 4) is 0 Å². The molecule has 0 radical (unpaired) electrons. The predicted octanol–water partition coefficient (Wildman–Crippen LogP) is 2.67. The lowest BCUT2D eigenvalue weighted by molar-refractivity contribution is -0.133. The van der Waals surface area contributed by atoms with Crippen LogP contribution in [-0.2, 0) is 21.2 Å². The molecular formula is C17H22Cl2N2O3S. The van der Waals surface area contributed by atoms with E-state index < -0.39 is 14.4 Å². The van der Waals surface area contributed by atoms with Gasteiger partial charge < -0.3 is 4.90 Å². The Kier molecular flexibility index (Phi) is 5.36. The molecule has 1 amide bonds. The lowest BCUT2D eigenvalue weighted by Crippen LogP contribution is -2.51. The van der Waals surface area contributed by atoms with Crippen molar-refractivity contribution in [2.24, 2.45) is 5.92 Å². The highest BCUT2D eigenvalue weighted by Crippen LogP contribution is 2.53. The molecule has 138 valence electrons. The number of amides is 1. The quantitative estimate of drug-likeness (QED) is 0.708. The molecule has 1 aliphatic carbocycles. The zero-order valence-corrected chi connectivity index (χ0v) is 16.4. The zero-order valence-electron chi connectivity index (χ0n) is 14.1. The third-order valence-corrected chi connectivity index (χ3v) is 7.52. The normalized spacial score (nSPS) is 23.5. The van der Waals surface area contributed by atoms with Crippen LogP contribution in [0.3, 0.4) is 0 Å². The fourth-order valence-electron chi connectivity index (χ4n) is 3.12. The summed E-state index contributed by atoms with van der Waals surface area (Å²) in [4.78, 5) is 14.3. The molecule has 2 aliphatic rings. The SMILES string of the molecule is CCCc1ccc(S(=O)(=O)N2CCN(C(=O)[C@@H]3CC3(Cl)Cl)CC2)cc1. The second-order valence-electron chi connectivity index (χ2n) is 6.64. The molecule has 0 spiro atoms. The summed E-state index contributed by atoms with van der Waals surface area (Å²) >= 11 is 11.9. The van der Waals surface area contributed by atoms with Gasteiger partial charge in [-0.2, -0.15) is 4.31 Å². The summed E-state index contributed by atoms with van der Waals surface area (Å²) in [5.41, 5.74) is 1.13. The van der Waals surface area contributed by atoms with E-state index in [1.165, 1.54) is 4.31 Å². The van der Waals surface area contributed by atoms with E-state index in [4.69, 9.17) is 23.2 Å². The van der Waals surface area contributed by atoms with Crippen molar-refractivity contribution in [2.75, 3.05) is 26.2 Å². The molecule has 25 heavy (non-hydrogen) atoms. The Morgan fingerprint density at radius 3 is 2.20 bits per heavy atom. The van der Waals surface area contributed by atoms with E-state index in [0.29, 0.717) is 24.4 Å². The number of halogens is 2. The number of nitrogens with zero attached hydrogens (tertiary/aromatic N) is 2. The molecule has 8 heteroatoms. The van der Waals surface area contributed by atoms with Crippen molar-refractivity contribution < 1.29 is 13.2 Å². The number of hydrogen-bond donors (Lipinski definition) is 0. The number of aryl methyl sites for hydroxylation is 1. The fraction of sp³-hybridized carbons (Fsp3) is 0.588. The number of sulfonamides is 1. The first-order valence-electron chi connectivity index (χ1n) is 8.51. The van der Waals surface area contributed by atoms with Gasteiger partial charge in [-0.1, -0.05) is 25.5 Å². The number of piperazine rings is 1. The minimum Gasteiger partial charge on any atom is -0.340 e. The zero-order chi connectivity index (χ0) is 18.2. The molecule has 1 aromatic carbocycles. The van der Waals surface area contributed by atoms with Crippen LogP contribution in [0, 0.1) is 5.92 Å². The summed E-state index contributed by atoms with van der Waals surface area (Å²) in [7, 11) is -3.53. The minimum absolute atomic E-state index is 0.0778. The van der Waals surface area contributed by atoms with Crippen LogP contribution in [0.5, 0.6) is 0 Å². The van der Waals surface area contributed by atoms with Crippen molar-refractivity contribution in [3.05, 3.63) is 29.8 Å². The molecule has 0 N–H and O–H groups in total. The van der Waals surface area contributed by atoms with E-state index in [9.17, 15) is 13.2 Å². The number of benzene rings is 1. The van der Waals surface area contributed by atoms with E-state index in [2.05, 4.69) is 6.92 Å². The minimum atomic E-state index is -3.53. The number of alkyl halides is 2. The highest BCUT2D eigenvalue weighted by atomic mass is 35.5. The summed E-state index contributed by atoms with van der Waals surface area (Å²) in [6.45, 7) is 3.40. The lowest BCUT2D eigenvalue weighted by Gasteiger charge is -2.34. The first-order chi connectivity index (χ1) is 11.8. The molecule has 1 aliphatic heterocycles. The molecule has 5 nitrogen and oxygen atoms in total. The van der Waals surface area contributed by atoms with Crippen molar-refractivity contribution >= 4 is 39.1 Å². The molecule has 1 aromatic rings. The maximum Gasteiger partial charge on any atom is 0.243 e. The van der Waals surface area contributed by atoms with Gasteiger partial charge in [0.05, 0.1) is 10.8 Å². The number of hydrogen-bond acceptors (Lipinski definition) is 3. The first-order valence-corrected chi connectivity index (χ1v) is 10.7. The number of rotatable bonds is 5. The maximum atomic E-state index is 12.8. The summed E-state index contributed by atoms with van der Waals surface area (Å²) in [6, 6.07) is 7.06. The third-order valence-electron chi connectivity index (χ3n) is 4.77. The van der Waals surface area contributed by atoms with Gasteiger partial charge in [0.1, 0.15) is 4.33 Å². The van der Waals surface area contributed by atoms with Crippen LogP contribution in [0.1, 0.15) is 25.3 Å². The van der Waals surface area contributed by atoms with Gasteiger partial charge >= 0.3 is 0 Å². The monoisotopic (exact) mass is 404 g/mol. The largest absolute Gasteiger partial charge is 0.340 e. The van der Waals surface area contributed by atoms with Gasteiger partial charge in [-0.3, -0.25) is 4.79 Å². The highest BCUT2D eigenvalue weighted by molar-refractivity contribution is 7.89. The number of carbonyl (C=O) groups excluding carboxylic acids is 1. The molecule has 1 saturated heterocycles. The molecule has 1 atom stereocenters. The van der Waals surface area contributed by atoms with Crippen LogP contribution in [0.25, 0.3) is 0 Å². The van der Waals surface area contributed by atoms with Gasteiger partial charge in [0, 0.05) is 26.2 Å². The fourth-order valence-corrected chi connectivity index (χ4v) is 5.03. The standard InChI is InChI=1S/C17H22Cl2N2O3S/c1-2-3-13-4-6-14(7-5-13)25(23,24)21-10-8-20(9-11-21)16(22)15-12-17(15,18)19/h4-7,15H,2-3,8-12H2,1H3/t15-/m0/s1. The van der Waals surface area contributed by atoms with E-state index in [-0.39, 0.29) is 24.9 Å². The molecule has 0 unspecified atom stereocenters. The van der Waals surface area contributed by atoms with Gasteiger partial charge in [-0.25, -0.2) is 8.42 Å². The first kappa shape index (κ1) is 19.0. The Morgan fingerprint density at radius 1 is 1.16 bits per heavy atom. The Labute approximate surface area is 158 Å². The van der Waals surface area contributed by atoms with Crippen LogP contribution in [0.4, 0.5) is 0 Å². The second-order valence-corrected chi connectivity index (χ2v) is 10.1. The van der Waals surface area contributed by atoms with Gasteiger partial charge in [0.25, 0.3) is 0 Å². The van der Waals surface area contributed by atoms with E-state index in [1.807, 2.05) is 12.1 Å². The second kappa shape index (κ2) is 7.06. The van der Waals surface area contributed by atoms with Crippen molar-refractivity contribution in [2.45, 2.75) is 35.4 Å². The van der Waals surface area contributed by atoms with Crippen molar-refractivity contribution in [3.63, 3.8) is 0 Å². The van der Waals surface area contributed by atoms with E-state index in [0.717, 1.165) is 18.4 Å². The maximum absolute atomic E-state index is 12.8. The van der Waals surface area contributed by atoms with E-state index in [1.54, 1.807) is 17.0 Å². The van der Waals surface area contributed by atoms with Gasteiger partial charge in [-0.15, -0.1) is 23.2 Å². The summed E-state index contributed by atoms with van der Waals surface area (Å²) in [6.07, 6.45) is 2.43. The predicted molar refractivity (Wildman–Crippen MR) is 98.3 cm³/mol. The Bertz CT molecular complexity index is 742. The van der Waals surface area contributed by atoms with Crippen LogP contribution >= 0.6 is 23.2 Å². The molecule has 2 fully saturated rings. The summed E-state index contributed by atoms with van der Waals surface area (Å²) in [5, 5.41) is 0. The molecule has 0 bridgehead atoms. The van der Waals surface area contributed by atoms with Crippen molar-refractivity contribution in [1.82, 2.24) is 9.21 Å². The average Bonchev–Trinajstić information content (AvgIpc) is 3.23. The Morgan fingerprint density at radius 2 is 1.72 bits per heavy atom. The van der Waals surface area contributed by atoms with Crippen LogP contribution in [-0.4, -0.2) is 54.0 Å². The molecule has 0 aromatic heterocycles. The van der Waals surface area contributed by atoms with Gasteiger partial charge in [0.2, 0.25) is 15.9 Å². The van der Waals surface area contributed by atoms with Crippen molar-refractivity contribution in [1.29, 1.82) is 0 Å².